The van der Waals surface area contributed by atoms with Crippen LogP contribution in [0.3, 0.4) is 0 Å². The highest BCUT2D eigenvalue weighted by Gasteiger charge is 2.30. The topological polar surface area (TPSA) is 33.5 Å². The van der Waals surface area contributed by atoms with E-state index in [-0.39, 0.29) is 16.6 Å². The third-order valence-electron chi connectivity index (χ3n) is 12.1. The van der Waals surface area contributed by atoms with Gasteiger partial charge in [0, 0.05) is 40.4 Å². The first-order valence-corrected chi connectivity index (χ1v) is 21.3. The van der Waals surface area contributed by atoms with Crippen LogP contribution in [0.1, 0.15) is 52.7 Å². The molecule has 6 heteroatoms. The highest BCUT2D eigenvalue weighted by atomic mass is 19.1. The third-order valence-corrected chi connectivity index (χ3v) is 12.1. The summed E-state index contributed by atoms with van der Waals surface area (Å²) in [5.41, 5.74) is 13.0. The highest BCUT2D eigenvalue weighted by Crippen LogP contribution is 2.49. The van der Waals surface area contributed by atoms with E-state index in [1.807, 2.05) is 24.4 Å². The summed E-state index contributed by atoms with van der Waals surface area (Å²) in [6, 6.07) is 58.2. The molecule has 3 heterocycles. The summed E-state index contributed by atoms with van der Waals surface area (Å²) in [5, 5.41) is 2.30. The van der Waals surface area contributed by atoms with Gasteiger partial charge in [-0.15, -0.1) is 0 Å². The fraction of sp³-hybridized carbons (Fsp3) is 0.161. The van der Waals surface area contributed by atoms with Crippen LogP contribution in [-0.4, -0.2) is 16.2 Å². The average Bonchev–Trinajstić information content (AvgIpc) is 3.82. The molecule has 0 bridgehead atoms. The van der Waals surface area contributed by atoms with Crippen molar-refractivity contribution >= 4 is 44.6 Å². The Morgan fingerprint density at radius 1 is 0.516 bits per heavy atom. The van der Waals surface area contributed by atoms with Crippen molar-refractivity contribution in [1.29, 1.82) is 0 Å². The monoisotopic (exact) mass is 812 g/mol. The molecule has 0 amide bonds. The largest absolute Gasteiger partial charge is 0.457 e. The van der Waals surface area contributed by atoms with Crippen LogP contribution in [0, 0.1) is 5.82 Å². The van der Waals surface area contributed by atoms with Crippen molar-refractivity contribution in [3.8, 4) is 39.6 Å². The summed E-state index contributed by atoms with van der Waals surface area (Å²) < 4.78 is 23.4. The van der Waals surface area contributed by atoms with Crippen molar-refractivity contribution in [1.82, 2.24) is 9.55 Å². The lowest BCUT2D eigenvalue weighted by Crippen LogP contribution is -2.24. The molecule has 2 aromatic heterocycles. The first-order chi connectivity index (χ1) is 29.9. The smallest absolute Gasteiger partial charge is 0.137 e. The van der Waals surface area contributed by atoms with Gasteiger partial charge in [-0.2, -0.15) is 0 Å². The molecule has 10 rings (SSSR count). The van der Waals surface area contributed by atoms with E-state index in [0.29, 0.717) is 6.67 Å². The molecule has 0 atom stereocenters. The molecule has 0 aliphatic carbocycles. The van der Waals surface area contributed by atoms with Crippen LogP contribution in [0.2, 0.25) is 0 Å². The fourth-order valence-corrected chi connectivity index (χ4v) is 8.97. The number of pyridine rings is 1. The number of rotatable bonds is 7. The highest BCUT2D eigenvalue weighted by molar-refractivity contribution is 6.09. The Bertz CT molecular complexity index is 3130. The Labute approximate surface area is 363 Å². The second kappa shape index (κ2) is 15.1. The maximum atomic E-state index is 14.1. The van der Waals surface area contributed by atoms with Crippen molar-refractivity contribution in [2.45, 2.75) is 52.4 Å². The Hall–Kier alpha value is -7.18. The minimum Gasteiger partial charge on any atom is -0.457 e. The summed E-state index contributed by atoms with van der Waals surface area (Å²) in [6.45, 7) is 14.1. The maximum absolute atomic E-state index is 14.1. The first-order valence-electron chi connectivity index (χ1n) is 21.3. The zero-order valence-electron chi connectivity index (χ0n) is 36.0. The molecule has 62 heavy (non-hydrogen) atoms. The number of aromatic nitrogens is 2. The van der Waals surface area contributed by atoms with Crippen molar-refractivity contribution in [2.75, 3.05) is 16.5 Å². The van der Waals surface area contributed by atoms with E-state index >= 15 is 0 Å². The van der Waals surface area contributed by atoms with Gasteiger partial charge in [-0.3, -0.25) is 4.57 Å². The molecular formula is C56H49FN4O. The molecule has 0 unspecified atom stereocenters. The zero-order chi connectivity index (χ0) is 42.8. The summed E-state index contributed by atoms with van der Waals surface area (Å²) in [4.78, 5) is 9.62. The van der Waals surface area contributed by atoms with Crippen LogP contribution in [0.15, 0.2) is 176 Å². The normalized spacial score (nSPS) is 13.0. The van der Waals surface area contributed by atoms with E-state index in [0.717, 1.165) is 78.7 Å². The van der Waals surface area contributed by atoms with Gasteiger partial charge in [-0.25, -0.2) is 9.37 Å². The minimum atomic E-state index is -0.250. The Morgan fingerprint density at radius 2 is 1.18 bits per heavy atom. The predicted molar refractivity (Wildman–Crippen MR) is 255 cm³/mol. The lowest BCUT2D eigenvalue weighted by atomic mass is 9.82. The van der Waals surface area contributed by atoms with Crippen LogP contribution in [-0.2, 0) is 10.8 Å². The van der Waals surface area contributed by atoms with Gasteiger partial charge in [0.15, 0.2) is 0 Å². The first kappa shape index (κ1) is 39.0. The zero-order valence-corrected chi connectivity index (χ0v) is 36.0. The number of anilines is 4. The van der Waals surface area contributed by atoms with Gasteiger partial charge < -0.3 is 14.5 Å². The molecule has 1 aliphatic rings. The molecule has 0 saturated heterocycles. The van der Waals surface area contributed by atoms with Crippen molar-refractivity contribution in [2.24, 2.45) is 0 Å². The number of halogens is 1. The summed E-state index contributed by atoms with van der Waals surface area (Å²) >= 11 is 0. The van der Waals surface area contributed by atoms with Gasteiger partial charge in [-0.1, -0.05) is 126 Å². The Morgan fingerprint density at radius 3 is 1.94 bits per heavy atom. The van der Waals surface area contributed by atoms with Gasteiger partial charge in [-0.05, 0) is 111 Å². The molecule has 7 aromatic carbocycles. The molecule has 9 aromatic rings. The summed E-state index contributed by atoms with van der Waals surface area (Å²) in [6.07, 6.45) is 1.92. The SMILES string of the molecule is CC(C)(C)c1ccnc(-n2c3ccccc3c3ccc(Oc4cc(-c5ccccc5C(C)(C)C)cc(N5CN(c6ccccc6-c6ccc(F)cc6)c6ccccc65)c4)cc32)c1. The summed E-state index contributed by atoms with van der Waals surface area (Å²) in [5.74, 6) is 2.10. The van der Waals surface area contributed by atoms with Crippen LogP contribution < -0.4 is 14.5 Å². The van der Waals surface area contributed by atoms with Gasteiger partial charge in [0.05, 0.1) is 28.1 Å². The van der Waals surface area contributed by atoms with Crippen LogP contribution >= 0.6 is 0 Å². The number of nitrogens with zero attached hydrogens (tertiary/aromatic N) is 4. The van der Waals surface area contributed by atoms with Gasteiger partial charge in [0.25, 0.3) is 0 Å². The lowest BCUT2D eigenvalue weighted by molar-refractivity contribution is 0.483. The number of fused-ring (bicyclic) bond motifs is 4. The van der Waals surface area contributed by atoms with Crippen LogP contribution in [0.25, 0.3) is 49.9 Å². The fourth-order valence-electron chi connectivity index (χ4n) is 8.97. The number of hydrogen-bond donors (Lipinski definition) is 0. The van der Waals surface area contributed by atoms with Gasteiger partial charge in [0.1, 0.15) is 29.8 Å². The minimum absolute atomic E-state index is 0.0298. The average molecular weight is 813 g/mol. The third kappa shape index (κ3) is 7.05. The van der Waals surface area contributed by atoms with E-state index in [1.54, 1.807) is 0 Å². The quantitative estimate of drug-likeness (QED) is 0.161. The second-order valence-corrected chi connectivity index (χ2v) is 18.3. The van der Waals surface area contributed by atoms with E-state index < -0.39 is 0 Å². The second-order valence-electron chi connectivity index (χ2n) is 18.3. The van der Waals surface area contributed by atoms with E-state index in [1.165, 1.54) is 28.6 Å². The van der Waals surface area contributed by atoms with Crippen molar-refractivity contribution in [3.05, 3.63) is 193 Å². The molecule has 0 fully saturated rings. The van der Waals surface area contributed by atoms with Crippen LogP contribution in [0.5, 0.6) is 11.5 Å². The van der Waals surface area contributed by atoms with Gasteiger partial charge >= 0.3 is 0 Å². The standard InChI is InChI=1S/C56H49FN4O/c1-55(2,3)39-29-30-58-54(33-39)61-50-20-12-9-17-46(50)47-28-27-42(35-53(47)61)62-43-32-38(44-15-7-10-18-48(44)56(4,5)6)31-41(34-43)59-36-60(52-22-14-13-21-51(52)59)49-19-11-8-16-45(49)37-23-25-40(57)26-24-37/h7-35H,36H2,1-6H3. The van der Waals surface area contributed by atoms with Crippen molar-refractivity contribution in [3.63, 3.8) is 0 Å². The van der Waals surface area contributed by atoms with Crippen LogP contribution in [0.4, 0.5) is 27.1 Å². The molecule has 0 N–H and O–H groups in total. The number of benzene rings is 7. The lowest BCUT2D eigenvalue weighted by Gasteiger charge is -2.26. The predicted octanol–water partition coefficient (Wildman–Crippen LogP) is 15.3. The number of hydrogen-bond acceptors (Lipinski definition) is 4. The molecule has 1 aliphatic heterocycles. The molecule has 0 saturated carbocycles. The Balaban J connectivity index is 1.11. The molecule has 0 radical (unpaired) electrons. The summed E-state index contributed by atoms with van der Waals surface area (Å²) in [7, 11) is 0. The number of para-hydroxylation sites is 4. The Kier molecular flexibility index (Phi) is 9.48. The van der Waals surface area contributed by atoms with E-state index in [9.17, 15) is 4.39 Å². The van der Waals surface area contributed by atoms with E-state index in [2.05, 4.69) is 195 Å². The molecule has 0 spiro atoms. The van der Waals surface area contributed by atoms with Gasteiger partial charge in [0.2, 0.25) is 0 Å². The molecule has 5 nitrogen and oxygen atoms in total. The molecule has 306 valence electrons. The molecular weight excluding hydrogens is 764 g/mol. The number of ether oxygens (including phenoxy) is 1. The van der Waals surface area contributed by atoms with Crippen molar-refractivity contribution < 1.29 is 9.13 Å². The maximum Gasteiger partial charge on any atom is 0.137 e. The van der Waals surface area contributed by atoms with E-state index in [4.69, 9.17) is 9.72 Å².